The van der Waals surface area contributed by atoms with Gasteiger partial charge in [0.1, 0.15) is 0 Å². The highest BCUT2D eigenvalue weighted by molar-refractivity contribution is 5.43. The molecule has 1 aromatic rings. The average molecular weight is 291 g/mol. The average Bonchev–Trinajstić information content (AvgIpc) is 2.96. The summed E-state index contributed by atoms with van der Waals surface area (Å²) in [5.74, 6) is 0.416. The van der Waals surface area contributed by atoms with Gasteiger partial charge in [0.15, 0.2) is 11.6 Å². The maximum Gasteiger partial charge on any atom is 0.170 e. The van der Waals surface area contributed by atoms with Crippen LogP contribution in [0, 0.1) is 11.2 Å². The number of hydrogen-bond donors (Lipinski definition) is 1. The van der Waals surface area contributed by atoms with E-state index < -0.39 is 0 Å². The molecule has 2 heterocycles. The monoisotopic (exact) mass is 291 g/mol. The van der Waals surface area contributed by atoms with Gasteiger partial charge in [0.05, 0.1) is 0 Å². The van der Waals surface area contributed by atoms with Crippen molar-refractivity contribution >= 4 is 5.82 Å². The Labute approximate surface area is 126 Å². The van der Waals surface area contributed by atoms with Crippen molar-refractivity contribution in [2.45, 2.75) is 52.0 Å². The molecule has 3 nitrogen and oxygen atoms in total. The van der Waals surface area contributed by atoms with Crippen LogP contribution in [0.2, 0.25) is 0 Å². The van der Waals surface area contributed by atoms with E-state index in [0.29, 0.717) is 17.8 Å². The van der Waals surface area contributed by atoms with Crippen LogP contribution in [0.15, 0.2) is 12.3 Å². The van der Waals surface area contributed by atoms with Crippen LogP contribution in [0.5, 0.6) is 0 Å². The fourth-order valence-electron chi connectivity index (χ4n) is 3.91. The van der Waals surface area contributed by atoms with E-state index >= 15 is 0 Å². The van der Waals surface area contributed by atoms with Gasteiger partial charge in [-0.15, -0.1) is 0 Å². The maximum atomic E-state index is 14.6. The summed E-state index contributed by atoms with van der Waals surface area (Å²) < 4.78 is 14.6. The molecule has 2 fully saturated rings. The molecule has 1 aromatic heterocycles. The van der Waals surface area contributed by atoms with E-state index in [2.05, 4.69) is 15.2 Å². The fraction of sp³-hybridized carbons (Fsp3) is 0.706. The molecule has 4 heteroatoms. The predicted octanol–water partition coefficient (Wildman–Crippen LogP) is 3.49. The highest BCUT2D eigenvalue weighted by Gasteiger charge is 2.37. The highest BCUT2D eigenvalue weighted by atomic mass is 19.1. The number of aromatic nitrogens is 1. The van der Waals surface area contributed by atoms with Gasteiger partial charge in [-0.1, -0.05) is 19.8 Å². The Morgan fingerprint density at radius 2 is 1.95 bits per heavy atom. The van der Waals surface area contributed by atoms with Crippen molar-refractivity contribution in [1.29, 1.82) is 0 Å². The number of anilines is 1. The minimum Gasteiger partial charge on any atom is -0.354 e. The van der Waals surface area contributed by atoms with Gasteiger partial charge in [-0.05, 0) is 43.7 Å². The van der Waals surface area contributed by atoms with Crippen molar-refractivity contribution in [2.75, 3.05) is 24.5 Å². The third-order valence-electron chi connectivity index (χ3n) is 5.30. The smallest absolute Gasteiger partial charge is 0.170 e. The third kappa shape index (κ3) is 3.05. The van der Waals surface area contributed by atoms with Gasteiger partial charge >= 0.3 is 0 Å². The van der Waals surface area contributed by atoms with Crippen molar-refractivity contribution in [3.63, 3.8) is 0 Å². The second-order valence-electron chi connectivity index (χ2n) is 6.58. The highest BCUT2D eigenvalue weighted by Crippen LogP contribution is 2.46. The molecule has 1 spiro atoms. The first-order chi connectivity index (χ1) is 10.2. The Morgan fingerprint density at radius 3 is 2.62 bits per heavy atom. The van der Waals surface area contributed by atoms with Crippen molar-refractivity contribution in [3.8, 4) is 0 Å². The zero-order valence-electron chi connectivity index (χ0n) is 13.0. The second kappa shape index (κ2) is 6.30. The Hall–Kier alpha value is -1.16. The van der Waals surface area contributed by atoms with Crippen LogP contribution in [-0.2, 0) is 6.54 Å². The normalized spacial score (nSPS) is 21.1. The summed E-state index contributed by atoms with van der Waals surface area (Å²) >= 11 is 0. The summed E-state index contributed by atoms with van der Waals surface area (Å²) in [6.07, 6.45) is 9.64. The molecule has 0 amide bonds. The fourth-order valence-corrected chi connectivity index (χ4v) is 3.91. The molecule has 3 rings (SSSR count). The molecule has 1 aliphatic heterocycles. The lowest BCUT2D eigenvalue weighted by atomic mass is 9.77. The van der Waals surface area contributed by atoms with E-state index in [4.69, 9.17) is 0 Å². The molecule has 21 heavy (non-hydrogen) atoms. The summed E-state index contributed by atoms with van der Waals surface area (Å²) in [6, 6.07) is 1.78. The Morgan fingerprint density at radius 1 is 1.24 bits per heavy atom. The molecule has 0 aromatic carbocycles. The van der Waals surface area contributed by atoms with Crippen molar-refractivity contribution in [1.82, 2.24) is 10.3 Å². The predicted molar refractivity (Wildman–Crippen MR) is 83.9 cm³/mol. The van der Waals surface area contributed by atoms with E-state index in [1.54, 1.807) is 12.3 Å². The summed E-state index contributed by atoms with van der Waals surface area (Å²) in [5.41, 5.74) is 1.29. The van der Waals surface area contributed by atoms with E-state index in [0.717, 1.165) is 25.2 Å². The number of rotatable bonds is 4. The molecule has 0 unspecified atom stereocenters. The van der Waals surface area contributed by atoms with Gasteiger partial charge in [-0.2, -0.15) is 0 Å². The molecular formula is C17H26FN3. The van der Waals surface area contributed by atoms with E-state index in [1.165, 1.54) is 38.5 Å². The van der Waals surface area contributed by atoms with Crippen LogP contribution in [0.3, 0.4) is 0 Å². The number of pyridine rings is 1. The van der Waals surface area contributed by atoms with E-state index in [-0.39, 0.29) is 5.82 Å². The van der Waals surface area contributed by atoms with Crippen molar-refractivity contribution in [3.05, 3.63) is 23.6 Å². The van der Waals surface area contributed by atoms with Crippen LogP contribution in [-0.4, -0.2) is 24.6 Å². The zero-order valence-corrected chi connectivity index (χ0v) is 13.0. The molecule has 116 valence electrons. The molecule has 0 radical (unpaired) electrons. The summed E-state index contributed by atoms with van der Waals surface area (Å²) in [5, 5.41) is 3.19. The largest absolute Gasteiger partial charge is 0.354 e. The first-order valence-electron chi connectivity index (χ1n) is 8.33. The summed E-state index contributed by atoms with van der Waals surface area (Å²) in [6.45, 7) is 5.37. The van der Waals surface area contributed by atoms with Gasteiger partial charge < -0.3 is 10.2 Å². The van der Waals surface area contributed by atoms with Crippen LogP contribution in [0.4, 0.5) is 10.2 Å². The quantitative estimate of drug-likeness (QED) is 0.920. The van der Waals surface area contributed by atoms with Gasteiger partial charge in [0.2, 0.25) is 0 Å². The standard InChI is InChI=1S/C17H26FN3/c1-2-19-13-14-5-10-20-16(15(14)18)21-11-8-17(9-12-21)6-3-4-7-17/h5,10,19H,2-4,6-9,11-13H2,1H3. The van der Waals surface area contributed by atoms with Crippen LogP contribution >= 0.6 is 0 Å². The molecule has 1 saturated carbocycles. The van der Waals surface area contributed by atoms with Crippen LogP contribution in [0.1, 0.15) is 51.0 Å². The van der Waals surface area contributed by atoms with E-state index in [1.807, 2.05) is 6.92 Å². The number of nitrogens with one attached hydrogen (secondary N) is 1. The molecule has 1 saturated heterocycles. The second-order valence-corrected chi connectivity index (χ2v) is 6.58. The lowest BCUT2D eigenvalue weighted by Gasteiger charge is -2.40. The first kappa shape index (κ1) is 14.8. The minimum absolute atomic E-state index is 0.138. The van der Waals surface area contributed by atoms with Gasteiger partial charge in [0, 0.05) is 31.4 Å². The number of hydrogen-bond acceptors (Lipinski definition) is 3. The third-order valence-corrected chi connectivity index (χ3v) is 5.30. The number of nitrogens with zero attached hydrogens (tertiary/aromatic N) is 2. The molecule has 0 atom stereocenters. The maximum absolute atomic E-state index is 14.6. The Bertz CT molecular complexity index is 473. The van der Waals surface area contributed by atoms with Crippen molar-refractivity contribution in [2.24, 2.45) is 5.41 Å². The lowest BCUT2D eigenvalue weighted by Crippen LogP contribution is -2.39. The van der Waals surface area contributed by atoms with Gasteiger partial charge in [-0.3, -0.25) is 0 Å². The SMILES string of the molecule is CCNCc1ccnc(N2CCC3(CCCC3)CC2)c1F. The topological polar surface area (TPSA) is 28.2 Å². The van der Waals surface area contributed by atoms with Crippen LogP contribution in [0.25, 0.3) is 0 Å². The molecule has 1 N–H and O–H groups in total. The van der Waals surface area contributed by atoms with Gasteiger partial charge in [0.25, 0.3) is 0 Å². The Balaban J connectivity index is 1.70. The molecule has 0 bridgehead atoms. The van der Waals surface area contributed by atoms with E-state index in [9.17, 15) is 4.39 Å². The number of piperidine rings is 1. The summed E-state index contributed by atoms with van der Waals surface area (Å²) in [7, 11) is 0. The first-order valence-corrected chi connectivity index (χ1v) is 8.33. The van der Waals surface area contributed by atoms with Crippen LogP contribution < -0.4 is 10.2 Å². The van der Waals surface area contributed by atoms with Gasteiger partial charge in [-0.25, -0.2) is 9.37 Å². The molecule has 1 aliphatic carbocycles. The minimum atomic E-state index is -0.138. The zero-order chi connectivity index (χ0) is 14.7. The molecule has 2 aliphatic rings. The lowest BCUT2D eigenvalue weighted by molar-refractivity contribution is 0.225. The molecular weight excluding hydrogens is 265 g/mol. The van der Waals surface area contributed by atoms with Crippen molar-refractivity contribution < 1.29 is 4.39 Å². The number of halogens is 1. The Kier molecular flexibility index (Phi) is 4.43. The summed E-state index contributed by atoms with van der Waals surface area (Å²) in [4.78, 5) is 6.46.